The van der Waals surface area contributed by atoms with Crippen LogP contribution in [0.25, 0.3) is 11.1 Å². The van der Waals surface area contributed by atoms with Crippen molar-refractivity contribution in [3.8, 4) is 28.8 Å². The molecule has 2 atom stereocenters. The first-order valence-corrected chi connectivity index (χ1v) is 10.9. The molecular weight excluding hydrogens is 422 g/mol. The van der Waals surface area contributed by atoms with Gasteiger partial charge >= 0.3 is 0 Å². The van der Waals surface area contributed by atoms with Gasteiger partial charge in [-0.05, 0) is 42.5 Å². The lowest BCUT2D eigenvalue weighted by atomic mass is 9.78. The summed E-state index contributed by atoms with van der Waals surface area (Å²) < 4.78 is 5.17. The Morgan fingerprint density at radius 3 is 2.72 bits per heavy atom. The number of carbonyl (C=O) groups excluding carboxylic acids is 1. The van der Waals surface area contributed by atoms with Crippen molar-refractivity contribution in [2.75, 3.05) is 14.2 Å². The number of amides is 1. The van der Waals surface area contributed by atoms with Gasteiger partial charge in [-0.3, -0.25) is 14.7 Å². The number of nitrogens with two attached hydrogens (primary N) is 1. The molecule has 1 aliphatic heterocycles. The maximum Gasteiger partial charge on any atom is 0.239 e. The van der Waals surface area contributed by atoms with Crippen LogP contribution in [0.1, 0.15) is 35.8 Å². The number of ether oxygens (including phenoxy) is 1. The molecule has 0 saturated heterocycles. The number of methoxy groups -OCH3 is 1. The van der Waals surface area contributed by atoms with Crippen molar-refractivity contribution in [3.63, 3.8) is 0 Å². The maximum absolute atomic E-state index is 13.4. The van der Waals surface area contributed by atoms with Gasteiger partial charge in [0.15, 0.2) is 5.96 Å². The van der Waals surface area contributed by atoms with Crippen molar-refractivity contribution in [3.05, 3.63) is 64.2 Å². The highest BCUT2D eigenvalue weighted by molar-refractivity contribution is 7.10. The van der Waals surface area contributed by atoms with E-state index in [-0.39, 0.29) is 11.9 Å². The number of aliphatic imine (C=N–C) groups is 1. The summed E-state index contributed by atoms with van der Waals surface area (Å²) in [6, 6.07) is 7.64. The van der Waals surface area contributed by atoms with Crippen LogP contribution in [0, 0.1) is 11.8 Å². The van der Waals surface area contributed by atoms with Gasteiger partial charge in [0.1, 0.15) is 5.54 Å². The van der Waals surface area contributed by atoms with Crippen molar-refractivity contribution >= 4 is 23.2 Å². The maximum atomic E-state index is 13.4. The first-order valence-electron chi connectivity index (χ1n) is 9.97. The SMILES string of the molecule is CC#Cc1cncc(-c2csc([C@@]3(C)N=C(N)N(C)C(=O)C3c3ccc(OC)nc3)c2)c1. The third-order valence-electron chi connectivity index (χ3n) is 5.57. The number of rotatable bonds is 4. The number of nitrogens with zero attached hydrogens (tertiary/aromatic N) is 4. The second kappa shape index (κ2) is 8.44. The molecule has 1 unspecified atom stereocenters. The van der Waals surface area contributed by atoms with Crippen molar-refractivity contribution in [2.24, 2.45) is 10.7 Å². The molecule has 4 heterocycles. The number of aromatic nitrogens is 2. The zero-order valence-corrected chi connectivity index (χ0v) is 19.1. The Labute approximate surface area is 191 Å². The number of likely N-dealkylation sites (N-methyl/N-ethyl adjacent to an activating group) is 1. The predicted octanol–water partition coefficient (Wildman–Crippen LogP) is 3.37. The highest BCUT2D eigenvalue weighted by Crippen LogP contribution is 2.47. The van der Waals surface area contributed by atoms with Gasteiger partial charge in [0, 0.05) is 47.7 Å². The minimum atomic E-state index is -0.888. The molecule has 1 aliphatic rings. The summed E-state index contributed by atoms with van der Waals surface area (Å²) in [5.41, 5.74) is 8.79. The molecule has 0 spiro atoms. The molecule has 162 valence electrons. The third-order valence-corrected chi connectivity index (χ3v) is 6.73. The molecule has 3 aromatic heterocycles. The summed E-state index contributed by atoms with van der Waals surface area (Å²) in [7, 11) is 3.19. The quantitative estimate of drug-likeness (QED) is 0.622. The molecule has 0 fully saturated rings. The van der Waals surface area contributed by atoms with Crippen LogP contribution < -0.4 is 10.5 Å². The van der Waals surface area contributed by atoms with E-state index in [1.807, 2.05) is 30.5 Å². The Kier molecular flexibility index (Phi) is 5.68. The highest BCUT2D eigenvalue weighted by atomic mass is 32.1. The molecule has 7 nitrogen and oxygen atoms in total. The second-order valence-electron chi connectivity index (χ2n) is 7.62. The first kappa shape index (κ1) is 21.5. The van der Waals surface area contributed by atoms with Crippen LogP contribution in [0.5, 0.6) is 5.88 Å². The number of guanidine groups is 1. The van der Waals surface area contributed by atoms with Gasteiger partial charge in [-0.1, -0.05) is 12.0 Å². The van der Waals surface area contributed by atoms with Gasteiger partial charge in [0.25, 0.3) is 0 Å². The minimum Gasteiger partial charge on any atom is -0.481 e. The third kappa shape index (κ3) is 3.72. The number of hydrogen-bond acceptors (Lipinski definition) is 7. The number of thiophene rings is 1. The zero-order valence-electron chi connectivity index (χ0n) is 18.3. The summed E-state index contributed by atoms with van der Waals surface area (Å²) in [5.74, 6) is 5.88. The second-order valence-corrected chi connectivity index (χ2v) is 8.53. The average molecular weight is 446 g/mol. The van der Waals surface area contributed by atoms with Crippen LogP contribution in [0.4, 0.5) is 0 Å². The van der Waals surface area contributed by atoms with Gasteiger partial charge in [-0.25, -0.2) is 9.98 Å². The Bertz CT molecular complexity index is 1260. The lowest BCUT2D eigenvalue weighted by molar-refractivity contribution is -0.130. The van der Waals surface area contributed by atoms with Crippen molar-refractivity contribution in [1.29, 1.82) is 0 Å². The van der Waals surface area contributed by atoms with Crippen LogP contribution in [-0.2, 0) is 10.3 Å². The molecule has 1 amide bonds. The van der Waals surface area contributed by atoms with Gasteiger partial charge in [0.2, 0.25) is 11.8 Å². The van der Waals surface area contributed by atoms with Gasteiger partial charge in [0.05, 0.1) is 13.0 Å². The Morgan fingerprint density at radius 2 is 2.03 bits per heavy atom. The molecule has 0 radical (unpaired) electrons. The molecule has 3 aromatic rings. The van der Waals surface area contributed by atoms with E-state index in [9.17, 15) is 4.79 Å². The summed E-state index contributed by atoms with van der Waals surface area (Å²) in [5, 5.41) is 2.04. The molecule has 32 heavy (non-hydrogen) atoms. The standard InChI is InChI=1S/C24H23N5O2S/c1-5-6-15-9-17(12-26-11-15)18-10-19(32-14-18)24(2)21(22(30)29(3)23(25)28-24)16-7-8-20(31-4)27-13-16/h7-14,21H,1-4H3,(H2,25,28)/t21?,24-/m1/s1. The average Bonchev–Trinajstić information content (AvgIpc) is 3.30. The van der Waals surface area contributed by atoms with Gasteiger partial charge < -0.3 is 10.5 Å². The molecule has 0 aromatic carbocycles. The van der Waals surface area contributed by atoms with Crippen molar-refractivity contribution in [1.82, 2.24) is 14.9 Å². The summed E-state index contributed by atoms with van der Waals surface area (Å²) in [4.78, 5) is 29.1. The molecular formula is C24H23N5O2S. The molecule has 0 bridgehead atoms. The molecule has 8 heteroatoms. The molecule has 4 rings (SSSR count). The van der Waals surface area contributed by atoms with Crippen LogP contribution in [-0.4, -0.2) is 40.9 Å². The van der Waals surface area contributed by atoms with Crippen LogP contribution in [0.2, 0.25) is 0 Å². The van der Waals surface area contributed by atoms with E-state index in [1.54, 1.807) is 45.7 Å². The lowest BCUT2D eigenvalue weighted by Gasteiger charge is -2.39. The Hall–Kier alpha value is -3.70. The van der Waals surface area contributed by atoms with E-state index >= 15 is 0 Å². The molecule has 0 aliphatic carbocycles. The fraction of sp³-hybridized carbons (Fsp3) is 0.250. The summed E-state index contributed by atoms with van der Waals surface area (Å²) >= 11 is 1.54. The largest absolute Gasteiger partial charge is 0.481 e. The predicted molar refractivity (Wildman–Crippen MR) is 125 cm³/mol. The van der Waals surface area contributed by atoms with E-state index in [1.165, 1.54) is 16.2 Å². The number of hydrogen-bond donors (Lipinski definition) is 1. The van der Waals surface area contributed by atoms with E-state index in [4.69, 9.17) is 15.5 Å². The van der Waals surface area contributed by atoms with E-state index in [0.29, 0.717) is 5.88 Å². The Balaban J connectivity index is 1.81. The molecule has 0 saturated carbocycles. The molecule has 2 N–H and O–H groups in total. The topological polar surface area (TPSA) is 93.7 Å². The van der Waals surface area contributed by atoms with E-state index in [2.05, 4.69) is 21.8 Å². The van der Waals surface area contributed by atoms with Gasteiger partial charge in [-0.15, -0.1) is 17.3 Å². The van der Waals surface area contributed by atoms with E-state index < -0.39 is 11.5 Å². The lowest BCUT2D eigenvalue weighted by Crippen LogP contribution is -2.52. The Morgan fingerprint density at radius 1 is 1.22 bits per heavy atom. The van der Waals surface area contributed by atoms with Gasteiger partial charge in [-0.2, -0.15) is 0 Å². The van der Waals surface area contributed by atoms with Crippen LogP contribution >= 0.6 is 11.3 Å². The van der Waals surface area contributed by atoms with Crippen LogP contribution in [0.15, 0.2) is 53.2 Å². The highest BCUT2D eigenvalue weighted by Gasteiger charge is 2.48. The van der Waals surface area contributed by atoms with Crippen LogP contribution in [0.3, 0.4) is 0 Å². The minimum absolute atomic E-state index is 0.135. The number of carbonyl (C=O) groups is 1. The zero-order chi connectivity index (χ0) is 22.9. The summed E-state index contributed by atoms with van der Waals surface area (Å²) in [6.45, 7) is 3.73. The fourth-order valence-corrected chi connectivity index (χ4v) is 4.89. The number of pyridine rings is 2. The monoisotopic (exact) mass is 445 g/mol. The van der Waals surface area contributed by atoms with E-state index in [0.717, 1.165) is 27.1 Å². The van der Waals surface area contributed by atoms with Crippen molar-refractivity contribution in [2.45, 2.75) is 25.3 Å². The smallest absolute Gasteiger partial charge is 0.239 e. The van der Waals surface area contributed by atoms with Crippen molar-refractivity contribution < 1.29 is 9.53 Å². The normalized spacial score (nSPS) is 20.4. The fourth-order valence-electron chi connectivity index (χ4n) is 3.84. The summed E-state index contributed by atoms with van der Waals surface area (Å²) in [6.07, 6.45) is 5.20. The first-order chi connectivity index (χ1) is 15.4.